The van der Waals surface area contributed by atoms with E-state index in [9.17, 15) is 0 Å². The summed E-state index contributed by atoms with van der Waals surface area (Å²) in [4.78, 5) is 6.85. The fraction of sp³-hybridized carbons (Fsp3) is 0.833. The number of aromatic nitrogens is 2. The minimum Gasteiger partial charge on any atom is -0.338 e. The zero-order valence-electron chi connectivity index (χ0n) is 10.3. The third-order valence-electron chi connectivity index (χ3n) is 3.39. The van der Waals surface area contributed by atoms with E-state index >= 15 is 0 Å². The van der Waals surface area contributed by atoms with E-state index in [4.69, 9.17) is 4.52 Å². The Bertz CT molecular complexity index is 324. The van der Waals surface area contributed by atoms with Crippen molar-refractivity contribution in [2.75, 3.05) is 6.54 Å². The van der Waals surface area contributed by atoms with Crippen LogP contribution in [0.15, 0.2) is 4.52 Å². The predicted molar refractivity (Wildman–Crippen MR) is 62.0 cm³/mol. The Kier molecular flexibility index (Phi) is 3.93. The first kappa shape index (κ1) is 11.6. The van der Waals surface area contributed by atoms with E-state index in [1.54, 1.807) is 0 Å². The zero-order valence-corrected chi connectivity index (χ0v) is 10.3. The Hall–Kier alpha value is -0.900. The summed E-state index contributed by atoms with van der Waals surface area (Å²) in [5.41, 5.74) is 0. The molecule has 4 nitrogen and oxygen atoms in total. The smallest absolute Gasteiger partial charge is 0.240 e. The van der Waals surface area contributed by atoms with Crippen LogP contribution in [0.2, 0.25) is 0 Å². The molecule has 1 atom stereocenters. The Morgan fingerprint density at radius 2 is 2.25 bits per heavy atom. The van der Waals surface area contributed by atoms with Gasteiger partial charge in [-0.3, -0.25) is 4.90 Å². The highest BCUT2D eigenvalue weighted by Gasteiger charge is 2.22. The maximum atomic E-state index is 5.25. The van der Waals surface area contributed by atoms with Crippen molar-refractivity contribution in [1.29, 1.82) is 0 Å². The van der Waals surface area contributed by atoms with Crippen LogP contribution < -0.4 is 0 Å². The number of aryl methyl sites for hydroxylation is 1. The number of hydrogen-bond acceptors (Lipinski definition) is 4. The van der Waals surface area contributed by atoms with Crippen LogP contribution in [0.1, 0.15) is 51.2 Å². The molecule has 0 spiro atoms. The quantitative estimate of drug-likeness (QED) is 0.786. The third kappa shape index (κ3) is 2.61. The minimum absolute atomic E-state index is 0.700. The fourth-order valence-corrected chi connectivity index (χ4v) is 2.40. The molecule has 16 heavy (non-hydrogen) atoms. The monoisotopic (exact) mass is 223 g/mol. The molecule has 0 aromatic carbocycles. The van der Waals surface area contributed by atoms with Gasteiger partial charge in [0.05, 0.1) is 6.54 Å². The summed E-state index contributed by atoms with van der Waals surface area (Å²) < 4.78 is 5.25. The first-order chi connectivity index (χ1) is 7.83. The Morgan fingerprint density at radius 1 is 1.38 bits per heavy atom. The fourth-order valence-electron chi connectivity index (χ4n) is 2.40. The molecule has 0 N–H and O–H groups in total. The second kappa shape index (κ2) is 5.43. The Morgan fingerprint density at radius 3 is 2.94 bits per heavy atom. The lowest BCUT2D eigenvalue weighted by Gasteiger charge is -2.33. The van der Waals surface area contributed by atoms with E-state index in [-0.39, 0.29) is 0 Å². The molecule has 0 radical (unpaired) electrons. The van der Waals surface area contributed by atoms with Gasteiger partial charge in [-0.25, -0.2) is 0 Å². The van der Waals surface area contributed by atoms with E-state index in [0.717, 1.165) is 24.7 Å². The maximum absolute atomic E-state index is 5.25. The molecule has 1 aliphatic rings. The number of hydrogen-bond donors (Lipinski definition) is 0. The molecule has 2 heterocycles. The number of rotatable bonds is 4. The predicted octanol–water partition coefficient (Wildman–Crippen LogP) is 2.40. The van der Waals surface area contributed by atoms with Crippen LogP contribution in [0.4, 0.5) is 0 Å². The van der Waals surface area contributed by atoms with Gasteiger partial charge in [-0.05, 0) is 25.8 Å². The lowest BCUT2D eigenvalue weighted by Crippen LogP contribution is -2.38. The lowest BCUT2D eigenvalue weighted by molar-refractivity contribution is 0.120. The minimum atomic E-state index is 0.700. The van der Waals surface area contributed by atoms with E-state index in [2.05, 4.69) is 22.0 Å². The second-order valence-electron chi connectivity index (χ2n) is 4.49. The molecule has 2 rings (SSSR count). The van der Waals surface area contributed by atoms with Crippen molar-refractivity contribution in [1.82, 2.24) is 15.0 Å². The molecule has 1 aromatic heterocycles. The summed E-state index contributed by atoms with van der Waals surface area (Å²) in [6.45, 7) is 6.30. The Balaban J connectivity index is 1.96. The van der Waals surface area contributed by atoms with Gasteiger partial charge in [0.2, 0.25) is 5.89 Å². The van der Waals surface area contributed by atoms with Crippen LogP contribution >= 0.6 is 0 Å². The second-order valence-corrected chi connectivity index (χ2v) is 4.49. The average Bonchev–Trinajstić information content (AvgIpc) is 2.77. The van der Waals surface area contributed by atoms with Gasteiger partial charge in [0.1, 0.15) is 0 Å². The van der Waals surface area contributed by atoms with Gasteiger partial charge in [-0.15, -0.1) is 0 Å². The summed E-state index contributed by atoms with van der Waals surface area (Å²) in [5, 5.41) is 3.94. The molecule has 1 fully saturated rings. The largest absolute Gasteiger partial charge is 0.338 e. The topological polar surface area (TPSA) is 42.2 Å². The number of piperidine rings is 1. The van der Waals surface area contributed by atoms with Crippen LogP contribution in [-0.2, 0) is 13.0 Å². The van der Waals surface area contributed by atoms with Gasteiger partial charge >= 0.3 is 0 Å². The molecule has 90 valence electrons. The lowest BCUT2D eigenvalue weighted by atomic mass is 10.0. The van der Waals surface area contributed by atoms with Crippen molar-refractivity contribution in [2.45, 2.75) is 58.5 Å². The molecule has 0 saturated carbocycles. The van der Waals surface area contributed by atoms with E-state index in [1.807, 2.05) is 6.92 Å². The molecule has 0 aliphatic carbocycles. The van der Waals surface area contributed by atoms with Gasteiger partial charge in [0.25, 0.3) is 0 Å². The van der Waals surface area contributed by atoms with Gasteiger partial charge in [-0.2, -0.15) is 4.98 Å². The SMILES string of the molecule is CCc1noc(CN2CCCC[C@@H]2CC)n1. The molecule has 1 saturated heterocycles. The van der Waals surface area contributed by atoms with Crippen molar-refractivity contribution in [2.24, 2.45) is 0 Å². The van der Waals surface area contributed by atoms with Crippen molar-refractivity contribution < 1.29 is 4.52 Å². The first-order valence-electron chi connectivity index (χ1n) is 6.39. The van der Waals surface area contributed by atoms with Crippen molar-refractivity contribution in [3.8, 4) is 0 Å². The summed E-state index contributed by atoms with van der Waals surface area (Å²) in [7, 11) is 0. The van der Waals surface area contributed by atoms with Crippen molar-refractivity contribution in [3.05, 3.63) is 11.7 Å². The van der Waals surface area contributed by atoms with Gasteiger partial charge in [-0.1, -0.05) is 25.4 Å². The zero-order chi connectivity index (χ0) is 11.4. The van der Waals surface area contributed by atoms with Crippen molar-refractivity contribution in [3.63, 3.8) is 0 Å². The number of likely N-dealkylation sites (tertiary alicyclic amines) is 1. The molecule has 0 unspecified atom stereocenters. The van der Waals surface area contributed by atoms with Crippen LogP contribution in [-0.4, -0.2) is 27.6 Å². The standard InChI is InChI=1S/C12H21N3O/c1-3-10-7-5-6-8-15(10)9-12-13-11(4-2)14-16-12/h10H,3-9H2,1-2H3/t10-/m0/s1. The highest BCUT2D eigenvalue weighted by Crippen LogP contribution is 2.21. The molecule has 0 amide bonds. The van der Waals surface area contributed by atoms with E-state index in [1.165, 1.54) is 32.2 Å². The molecule has 0 bridgehead atoms. The third-order valence-corrected chi connectivity index (χ3v) is 3.39. The van der Waals surface area contributed by atoms with Gasteiger partial charge < -0.3 is 4.52 Å². The van der Waals surface area contributed by atoms with Crippen LogP contribution in [0.3, 0.4) is 0 Å². The molecule has 4 heteroatoms. The maximum Gasteiger partial charge on any atom is 0.240 e. The van der Waals surface area contributed by atoms with Gasteiger partial charge in [0, 0.05) is 12.5 Å². The summed E-state index contributed by atoms with van der Waals surface area (Å²) >= 11 is 0. The van der Waals surface area contributed by atoms with Crippen LogP contribution in [0.25, 0.3) is 0 Å². The van der Waals surface area contributed by atoms with E-state index < -0.39 is 0 Å². The number of nitrogens with zero attached hydrogens (tertiary/aromatic N) is 3. The molecular weight excluding hydrogens is 202 g/mol. The normalized spacial score (nSPS) is 22.5. The van der Waals surface area contributed by atoms with Gasteiger partial charge in [0.15, 0.2) is 5.82 Å². The summed E-state index contributed by atoms with van der Waals surface area (Å²) in [5.74, 6) is 1.59. The van der Waals surface area contributed by atoms with Crippen molar-refractivity contribution >= 4 is 0 Å². The summed E-state index contributed by atoms with van der Waals surface area (Å²) in [6.07, 6.45) is 6.03. The highest BCUT2D eigenvalue weighted by atomic mass is 16.5. The Labute approximate surface area is 97.0 Å². The molecule has 1 aliphatic heterocycles. The summed E-state index contributed by atoms with van der Waals surface area (Å²) in [6, 6.07) is 0.700. The first-order valence-corrected chi connectivity index (χ1v) is 6.39. The average molecular weight is 223 g/mol. The van der Waals surface area contributed by atoms with E-state index in [0.29, 0.717) is 6.04 Å². The van der Waals surface area contributed by atoms with Crippen LogP contribution in [0.5, 0.6) is 0 Å². The highest BCUT2D eigenvalue weighted by molar-refractivity contribution is 4.87. The molecule has 1 aromatic rings. The van der Waals surface area contributed by atoms with Crippen LogP contribution in [0, 0.1) is 0 Å². The molecular formula is C12H21N3O.